The van der Waals surface area contributed by atoms with Gasteiger partial charge in [-0.2, -0.15) is 0 Å². The summed E-state index contributed by atoms with van der Waals surface area (Å²) in [5.41, 5.74) is 8.24. The Bertz CT molecular complexity index is 430. The maximum absolute atomic E-state index is 9.39. The van der Waals surface area contributed by atoms with Crippen LogP contribution in [0.2, 0.25) is 0 Å². The minimum Gasteiger partial charge on any atom is -0.395 e. The summed E-state index contributed by atoms with van der Waals surface area (Å²) < 4.78 is 1.08. The molecular formula is C16H25BrN2O. The van der Waals surface area contributed by atoms with E-state index in [1.807, 2.05) is 6.92 Å². The number of nitrogens with zero attached hydrogens (tertiary/aromatic N) is 1. The van der Waals surface area contributed by atoms with Crippen LogP contribution in [0.5, 0.6) is 0 Å². The molecular weight excluding hydrogens is 316 g/mol. The van der Waals surface area contributed by atoms with Crippen LogP contribution in [0.1, 0.15) is 50.6 Å². The Balaban J connectivity index is 2.24. The molecule has 1 aromatic carbocycles. The lowest BCUT2D eigenvalue weighted by Crippen LogP contribution is -2.39. The van der Waals surface area contributed by atoms with Gasteiger partial charge in [-0.05, 0) is 53.4 Å². The molecule has 4 heteroatoms. The minimum atomic E-state index is 0.0429. The van der Waals surface area contributed by atoms with E-state index >= 15 is 0 Å². The van der Waals surface area contributed by atoms with Crippen LogP contribution < -0.4 is 10.6 Å². The molecule has 1 aromatic rings. The highest BCUT2D eigenvalue weighted by atomic mass is 79.9. The molecule has 1 aliphatic rings. The molecule has 0 unspecified atom stereocenters. The quantitative estimate of drug-likeness (QED) is 0.860. The second-order valence-corrected chi connectivity index (χ2v) is 6.56. The highest BCUT2D eigenvalue weighted by Gasteiger charge is 2.22. The number of anilines is 1. The molecule has 2 rings (SSSR count). The summed E-state index contributed by atoms with van der Waals surface area (Å²) in [6.45, 7) is 2.88. The van der Waals surface area contributed by atoms with Crippen LogP contribution in [0.3, 0.4) is 0 Å². The summed E-state index contributed by atoms with van der Waals surface area (Å²) in [5, 5.41) is 9.39. The first-order chi connectivity index (χ1) is 9.63. The first-order valence-electron chi connectivity index (χ1n) is 7.56. The molecule has 1 atom stereocenters. The number of halogens is 1. The SMILES string of the molecule is C[C@H](N)c1ccc(N(CCO)C2CCCCC2)c(Br)c1. The van der Waals surface area contributed by atoms with Gasteiger partial charge in [-0.3, -0.25) is 0 Å². The third-order valence-electron chi connectivity index (χ3n) is 4.16. The van der Waals surface area contributed by atoms with Gasteiger partial charge in [-0.1, -0.05) is 25.3 Å². The monoisotopic (exact) mass is 340 g/mol. The molecule has 0 heterocycles. The van der Waals surface area contributed by atoms with Crippen molar-refractivity contribution in [3.8, 4) is 0 Å². The summed E-state index contributed by atoms with van der Waals surface area (Å²) in [6, 6.07) is 6.92. The fourth-order valence-electron chi connectivity index (χ4n) is 3.04. The molecule has 0 aliphatic heterocycles. The number of hydrogen-bond acceptors (Lipinski definition) is 3. The summed E-state index contributed by atoms with van der Waals surface area (Å²) in [5.74, 6) is 0. The van der Waals surface area contributed by atoms with Gasteiger partial charge in [-0.25, -0.2) is 0 Å². The van der Waals surface area contributed by atoms with Crippen molar-refractivity contribution in [2.45, 2.75) is 51.1 Å². The normalized spacial score (nSPS) is 18.0. The number of rotatable bonds is 5. The molecule has 112 valence electrons. The fraction of sp³-hybridized carbons (Fsp3) is 0.625. The van der Waals surface area contributed by atoms with Gasteiger partial charge in [0.15, 0.2) is 0 Å². The average Bonchev–Trinajstić information content (AvgIpc) is 2.46. The zero-order chi connectivity index (χ0) is 14.5. The molecule has 0 aromatic heterocycles. The predicted molar refractivity (Wildman–Crippen MR) is 88.0 cm³/mol. The second-order valence-electron chi connectivity index (χ2n) is 5.71. The number of aliphatic hydroxyl groups excluding tert-OH is 1. The minimum absolute atomic E-state index is 0.0429. The summed E-state index contributed by atoms with van der Waals surface area (Å²) in [6.07, 6.45) is 6.38. The highest BCUT2D eigenvalue weighted by molar-refractivity contribution is 9.10. The third-order valence-corrected chi connectivity index (χ3v) is 4.80. The third kappa shape index (κ3) is 3.74. The van der Waals surface area contributed by atoms with Crippen molar-refractivity contribution < 1.29 is 5.11 Å². The molecule has 0 radical (unpaired) electrons. The van der Waals surface area contributed by atoms with Gasteiger partial charge in [0.1, 0.15) is 0 Å². The standard InChI is InChI=1S/C16H25BrN2O/c1-12(18)13-7-8-16(15(17)11-13)19(9-10-20)14-5-3-2-4-6-14/h7-8,11-12,14,20H,2-6,9-10,18H2,1H3/t12-/m0/s1. The summed E-state index contributed by atoms with van der Waals surface area (Å²) in [4.78, 5) is 2.36. The number of benzene rings is 1. The Morgan fingerprint density at radius 2 is 2.05 bits per heavy atom. The lowest BCUT2D eigenvalue weighted by Gasteiger charge is -2.36. The molecule has 3 N–H and O–H groups in total. The van der Waals surface area contributed by atoms with Gasteiger partial charge in [0, 0.05) is 23.1 Å². The summed E-state index contributed by atoms with van der Waals surface area (Å²) >= 11 is 3.67. The van der Waals surface area contributed by atoms with E-state index in [4.69, 9.17) is 5.73 Å². The first-order valence-corrected chi connectivity index (χ1v) is 8.35. The predicted octanol–water partition coefficient (Wildman–Crippen LogP) is 3.60. The van der Waals surface area contributed by atoms with Crippen molar-refractivity contribution in [1.82, 2.24) is 0 Å². The molecule has 0 bridgehead atoms. The maximum Gasteiger partial charge on any atom is 0.0606 e. The smallest absolute Gasteiger partial charge is 0.0606 e. The van der Waals surface area contributed by atoms with Crippen LogP contribution in [-0.4, -0.2) is 24.3 Å². The van der Waals surface area contributed by atoms with Crippen LogP contribution >= 0.6 is 15.9 Å². The van der Waals surface area contributed by atoms with E-state index < -0.39 is 0 Å². The number of nitrogens with two attached hydrogens (primary N) is 1. The maximum atomic E-state index is 9.39. The Morgan fingerprint density at radius 1 is 1.35 bits per heavy atom. The van der Waals surface area contributed by atoms with E-state index in [0.717, 1.165) is 10.0 Å². The van der Waals surface area contributed by atoms with Crippen molar-refractivity contribution in [3.63, 3.8) is 0 Å². The summed E-state index contributed by atoms with van der Waals surface area (Å²) in [7, 11) is 0. The Hall–Kier alpha value is -0.580. The van der Waals surface area contributed by atoms with E-state index in [-0.39, 0.29) is 12.6 Å². The van der Waals surface area contributed by atoms with Crippen LogP contribution in [0, 0.1) is 0 Å². The lowest BCUT2D eigenvalue weighted by molar-refractivity contribution is 0.290. The lowest BCUT2D eigenvalue weighted by atomic mass is 9.93. The molecule has 3 nitrogen and oxygen atoms in total. The van der Waals surface area contributed by atoms with Gasteiger partial charge in [0.25, 0.3) is 0 Å². The zero-order valence-electron chi connectivity index (χ0n) is 12.2. The zero-order valence-corrected chi connectivity index (χ0v) is 13.8. The largest absolute Gasteiger partial charge is 0.395 e. The van der Waals surface area contributed by atoms with Gasteiger partial charge in [0.05, 0.1) is 12.3 Å². The molecule has 1 aliphatic carbocycles. The van der Waals surface area contributed by atoms with Crippen LogP contribution in [-0.2, 0) is 0 Å². The van der Waals surface area contributed by atoms with Crippen molar-refractivity contribution in [2.75, 3.05) is 18.1 Å². The molecule has 0 saturated heterocycles. The van der Waals surface area contributed by atoms with Gasteiger partial charge < -0.3 is 15.7 Å². The first kappa shape index (κ1) is 15.8. The topological polar surface area (TPSA) is 49.5 Å². The Labute approximate surface area is 130 Å². The van der Waals surface area contributed by atoms with E-state index in [1.165, 1.54) is 37.8 Å². The van der Waals surface area contributed by atoms with E-state index in [0.29, 0.717) is 12.6 Å². The Kier molecular flexibility index (Phi) is 5.87. The van der Waals surface area contributed by atoms with E-state index in [9.17, 15) is 5.11 Å². The van der Waals surface area contributed by atoms with Crippen molar-refractivity contribution in [1.29, 1.82) is 0 Å². The van der Waals surface area contributed by atoms with Gasteiger partial charge >= 0.3 is 0 Å². The van der Waals surface area contributed by atoms with Crippen LogP contribution in [0.15, 0.2) is 22.7 Å². The number of aliphatic hydroxyl groups is 1. The highest BCUT2D eigenvalue weighted by Crippen LogP contribution is 2.33. The molecule has 0 spiro atoms. The van der Waals surface area contributed by atoms with Crippen LogP contribution in [0.25, 0.3) is 0 Å². The molecule has 1 saturated carbocycles. The van der Waals surface area contributed by atoms with Crippen molar-refractivity contribution in [3.05, 3.63) is 28.2 Å². The van der Waals surface area contributed by atoms with Crippen LogP contribution in [0.4, 0.5) is 5.69 Å². The average molecular weight is 341 g/mol. The van der Waals surface area contributed by atoms with Crippen molar-refractivity contribution >= 4 is 21.6 Å². The van der Waals surface area contributed by atoms with Crippen molar-refractivity contribution in [2.24, 2.45) is 5.73 Å². The fourth-order valence-corrected chi connectivity index (χ4v) is 3.66. The molecule has 0 amide bonds. The second kappa shape index (κ2) is 7.43. The van der Waals surface area contributed by atoms with E-state index in [1.54, 1.807) is 0 Å². The molecule has 20 heavy (non-hydrogen) atoms. The Morgan fingerprint density at radius 3 is 2.60 bits per heavy atom. The molecule has 1 fully saturated rings. The van der Waals surface area contributed by atoms with E-state index in [2.05, 4.69) is 39.0 Å². The van der Waals surface area contributed by atoms with Gasteiger partial charge in [0.2, 0.25) is 0 Å². The number of hydrogen-bond donors (Lipinski definition) is 2. The van der Waals surface area contributed by atoms with Gasteiger partial charge in [-0.15, -0.1) is 0 Å².